The summed E-state index contributed by atoms with van der Waals surface area (Å²) in [6, 6.07) is 0. The van der Waals surface area contributed by atoms with Crippen LogP contribution in [0.2, 0.25) is 0 Å². The highest BCUT2D eigenvalue weighted by Gasteiger charge is 1.88. The molecule has 10 heavy (non-hydrogen) atoms. The van der Waals surface area contributed by atoms with Crippen molar-refractivity contribution in [2.45, 2.75) is 33.1 Å². The molecule has 0 unspecified atom stereocenters. The van der Waals surface area contributed by atoms with E-state index in [1.54, 1.807) is 6.08 Å². The van der Waals surface area contributed by atoms with Crippen molar-refractivity contribution in [2.75, 3.05) is 6.61 Å². The molecule has 0 amide bonds. The lowest BCUT2D eigenvalue weighted by molar-refractivity contribution is 0.101. The first-order valence-corrected chi connectivity index (χ1v) is 3.83. The van der Waals surface area contributed by atoms with Gasteiger partial charge in [-0.25, -0.2) is 0 Å². The van der Waals surface area contributed by atoms with Crippen LogP contribution in [0.1, 0.15) is 33.1 Å². The number of aliphatic hydroxyl groups is 1. The van der Waals surface area contributed by atoms with E-state index < -0.39 is 0 Å². The summed E-state index contributed by atoms with van der Waals surface area (Å²) in [4.78, 5) is 0. The van der Waals surface area contributed by atoms with Gasteiger partial charge < -0.3 is 9.84 Å². The van der Waals surface area contributed by atoms with Crippen molar-refractivity contribution in [1.29, 1.82) is 0 Å². The van der Waals surface area contributed by atoms with E-state index in [1.165, 1.54) is 0 Å². The first kappa shape index (κ1) is 9.34. The first-order chi connectivity index (χ1) is 4.81. The van der Waals surface area contributed by atoms with Crippen LogP contribution in [0, 0.1) is 0 Å². The second-order valence-electron chi connectivity index (χ2n) is 2.12. The molecule has 0 aliphatic heterocycles. The lowest BCUT2D eigenvalue weighted by Gasteiger charge is -1.98. The van der Waals surface area contributed by atoms with Crippen molar-refractivity contribution in [2.24, 2.45) is 0 Å². The number of unbranched alkanes of at least 4 members (excludes halogenated alkanes) is 2. The van der Waals surface area contributed by atoms with E-state index >= 15 is 0 Å². The van der Waals surface area contributed by atoms with Crippen LogP contribution in [0.15, 0.2) is 12.0 Å². The Kier molecular flexibility index (Phi) is 6.03. The third-order valence-corrected chi connectivity index (χ3v) is 1.17. The van der Waals surface area contributed by atoms with Crippen molar-refractivity contribution >= 4 is 0 Å². The quantitative estimate of drug-likeness (QED) is 0.474. The first-order valence-electron chi connectivity index (χ1n) is 3.83. The molecule has 0 fully saturated rings. The average molecular weight is 144 g/mol. The van der Waals surface area contributed by atoms with E-state index in [-0.39, 0.29) is 5.95 Å². The van der Waals surface area contributed by atoms with Gasteiger partial charge in [0, 0.05) is 0 Å². The lowest BCUT2D eigenvalue weighted by atomic mass is 10.2. The molecule has 0 heterocycles. The fourth-order valence-electron chi connectivity index (χ4n) is 0.636. The number of aliphatic hydroxyl groups excluding tert-OH is 1. The summed E-state index contributed by atoms with van der Waals surface area (Å²) in [7, 11) is 0. The molecule has 1 N–H and O–H groups in total. The Balaban J connectivity index is 3.28. The van der Waals surface area contributed by atoms with E-state index in [4.69, 9.17) is 9.84 Å². The van der Waals surface area contributed by atoms with Gasteiger partial charge in [-0.2, -0.15) is 0 Å². The Labute approximate surface area is 62.5 Å². The van der Waals surface area contributed by atoms with Gasteiger partial charge in [-0.15, -0.1) is 0 Å². The van der Waals surface area contributed by atoms with Gasteiger partial charge >= 0.3 is 0 Å². The highest BCUT2D eigenvalue weighted by Crippen LogP contribution is 1.99. The molecule has 2 heteroatoms. The number of ether oxygens (including phenoxy) is 1. The summed E-state index contributed by atoms with van der Waals surface area (Å²) < 4.78 is 4.81. The van der Waals surface area contributed by atoms with Gasteiger partial charge in [0.1, 0.15) is 0 Å². The minimum atomic E-state index is 0.0657. The van der Waals surface area contributed by atoms with E-state index in [0.29, 0.717) is 6.61 Å². The third-order valence-electron chi connectivity index (χ3n) is 1.17. The highest BCUT2D eigenvalue weighted by molar-refractivity contribution is 4.80. The molecule has 0 aromatic carbocycles. The van der Waals surface area contributed by atoms with Crippen molar-refractivity contribution in [3.63, 3.8) is 0 Å². The molecule has 0 aliphatic carbocycles. The van der Waals surface area contributed by atoms with Gasteiger partial charge in [-0.1, -0.05) is 13.3 Å². The van der Waals surface area contributed by atoms with Gasteiger partial charge in [0.2, 0.25) is 0 Å². The molecule has 0 radical (unpaired) electrons. The minimum Gasteiger partial charge on any atom is -0.481 e. The molecule has 0 bridgehead atoms. The predicted molar refractivity (Wildman–Crippen MR) is 41.9 cm³/mol. The summed E-state index contributed by atoms with van der Waals surface area (Å²) in [6.45, 7) is 4.50. The standard InChI is InChI=1S/C8H16O2/c1-3-5-6-7-8(9)10-4-2/h7,9H,3-6H2,1-2H3/b8-7-. The summed E-state index contributed by atoms with van der Waals surface area (Å²) in [5.74, 6) is 0.0657. The Morgan fingerprint density at radius 1 is 1.50 bits per heavy atom. The number of hydrogen-bond donors (Lipinski definition) is 1. The summed E-state index contributed by atoms with van der Waals surface area (Å²) >= 11 is 0. The van der Waals surface area contributed by atoms with Crippen LogP contribution in [-0.2, 0) is 4.74 Å². The Bertz CT molecular complexity index is 97.4. The monoisotopic (exact) mass is 144 g/mol. The average Bonchev–Trinajstić information content (AvgIpc) is 1.89. The van der Waals surface area contributed by atoms with Gasteiger partial charge in [0.25, 0.3) is 5.95 Å². The molecule has 2 nitrogen and oxygen atoms in total. The Hall–Kier alpha value is -0.660. The molecule has 0 saturated carbocycles. The number of hydrogen-bond acceptors (Lipinski definition) is 2. The molecule has 0 aromatic heterocycles. The van der Waals surface area contributed by atoms with Crippen molar-refractivity contribution in [1.82, 2.24) is 0 Å². The van der Waals surface area contributed by atoms with Gasteiger partial charge in [-0.05, 0) is 25.8 Å². The fourth-order valence-corrected chi connectivity index (χ4v) is 0.636. The maximum absolute atomic E-state index is 8.91. The smallest absolute Gasteiger partial charge is 0.272 e. The van der Waals surface area contributed by atoms with Crippen LogP contribution >= 0.6 is 0 Å². The highest BCUT2D eigenvalue weighted by atomic mass is 16.6. The van der Waals surface area contributed by atoms with Crippen molar-refractivity contribution in [3.8, 4) is 0 Å². The zero-order chi connectivity index (χ0) is 7.82. The zero-order valence-corrected chi connectivity index (χ0v) is 6.76. The second-order valence-corrected chi connectivity index (χ2v) is 2.12. The molecule has 60 valence electrons. The van der Waals surface area contributed by atoms with Crippen LogP contribution in [0.3, 0.4) is 0 Å². The van der Waals surface area contributed by atoms with Crippen LogP contribution in [0.4, 0.5) is 0 Å². The maximum Gasteiger partial charge on any atom is 0.272 e. The van der Waals surface area contributed by atoms with Crippen molar-refractivity contribution < 1.29 is 9.84 Å². The summed E-state index contributed by atoms with van der Waals surface area (Å²) in [5.41, 5.74) is 0. The molecule has 0 saturated heterocycles. The molecule has 0 rings (SSSR count). The van der Waals surface area contributed by atoms with Crippen LogP contribution in [-0.4, -0.2) is 11.7 Å². The topological polar surface area (TPSA) is 29.5 Å². The van der Waals surface area contributed by atoms with Gasteiger partial charge in [-0.3, -0.25) is 0 Å². The van der Waals surface area contributed by atoms with E-state index in [2.05, 4.69) is 6.92 Å². The molecular formula is C8H16O2. The lowest BCUT2D eigenvalue weighted by Crippen LogP contribution is -1.89. The van der Waals surface area contributed by atoms with Crippen LogP contribution < -0.4 is 0 Å². The SMILES string of the molecule is CCCC/C=C(/O)OCC. The largest absolute Gasteiger partial charge is 0.481 e. The molecule has 0 aromatic rings. The molecule has 0 aliphatic rings. The second kappa shape index (κ2) is 6.46. The van der Waals surface area contributed by atoms with Crippen molar-refractivity contribution in [3.05, 3.63) is 12.0 Å². The van der Waals surface area contributed by atoms with Crippen LogP contribution in [0.5, 0.6) is 0 Å². The Morgan fingerprint density at radius 3 is 2.70 bits per heavy atom. The minimum absolute atomic E-state index is 0.0657. The Morgan fingerprint density at radius 2 is 2.20 bits per heavy atom. The molecule has 0 atom stereocenters. The van der Waals surface area contributed by atoms with Crippen LogP contribution in [0.25, 0.3) is 0 Å². The number of rotatable bonds is 5. The summed E-state index contributed by atoms with van der Waals surface area (Å²) in [5, 5.41) is 8.91. The van der Waals surface area contributed by atoms with E-state index in [9.17, 15) is 0 Å². The molecule has 0 spiro atoms. The predicted octanol–water partition coefficient (Wildman–Crippen LogP) is 2.61. The molecular weight excluding hydrogens is 128 g/mol. The third kappa shape index (κ3) is 5.48. The maximum atomic E-state index is 8.91. The number of allylic oxidation sites excluding steroid dienone is 1. The van der Waals surface area contributed by atoms with E-state index in [0.717, 1.165) is 19.3 Å². The summed E-state index contributed by atoms with van der Waals surface area (Å²) in [6.07, 6.45) is 4.88. The van der Waals surface area contributed by atoms with Gasteiger partial charge in [0.15, 0.2) is 0 Å². The normalized spacial score (nSPS) is 11.6. The zero-order valence-electron chi connectivity index (χ0n) is 6.76. The van der Waals surface area contributed by atoms with E-state index in [1.807, 2.05) is 6.92 Å². The fraction of sp³-hybridized carbons (Fsp3) is 0.750. The van der Waals surface area contributed by atoms with Gasteiger partial charge in [0.05, 0.1) is 6.61 Å².